The van der Waals surface area contributed by atoms with Gasteiger partial charge < -0.3 is 10.1 Å². The fourth-order valence-electron chi connectivity index (χ4n) is 4.96. The van der Waals surface area contributed by atoms with Crippen LogP contribution in [0.1, 0.15) is 54.4 Å². The van der Waals surface area contributed by atoms with Gasteiger partial charge >= 0.3 is 6.09 Å². The molecule has 3 aromatic carbocycles. The van der Waals surface area contributed by atoms with Crippen LogP contribution in [0.15, 0.2) is 78.9 Å². The third-order valence-corrected chi connectivity index (χ3v) is 6.97. The number of hydrogen-bond acceptors (Lipinski definition) is 6. The molecule has 39 heavy (non-hydrogen) atoms. The summed E-state index contributed by atoms with van der Waals surface area (Å²) in [6, 6.07) is 23.4. The number of Topliss-reactive ketones (excluding diaryl/α,β-unsaturated/α-hetero) is 1. The average molecular weight is 526 g/mol. The Hall–Kier alpha value is -4.53. The first-order valence-electron chi connectivity index (χ1n) is 13.3. The van der Waals surface area contributed by atoms with Gasteiger partial charge in [-0.05, 0) is 41.0 Å². The minimum absolute atomic E-state index is 0.0131. The summed E-state index contributed by atoms with van der Waals surface area (Å²) in [6.45, 7) is -0.366. The third-order valence-electron chi connectivity index (χ3n) is 6.97. The van der Waals surface area contributed by atoms with E-state index in [0.717, 1.165) is 36.3 Å². The highest BCUT2D eigenvalue weighted by Gasteiger charge is 2.25. The van der Waals surface area contributed by atoms with Crippen LogP contribution in [-0.2, 0) is 16.1 Å². The van der Waals surface area contributed by atoms with Crippen LogP contribution in [0.2, 0.25) is 0 Å². The maximum Gasteiger partial charge on any atom is 0.431 e. The van der Waals surface area contributed by atoms with Gasteiger partial charge in [-0.3, -0.25) is 9.59 Å². The van der Waals surface area contributed by atoms with Crippen molar-refractivity contribution in [2.45, 2.75) is 45.1 Å². The zero-order valence-corrected chi connectivity index (χ0v) is 21.7. The third kappa shape index (κ3) is 6.49. The van der Waals surface area contributed by atoms with Gasteiger partial charge in [-0.2, -0.15) is 5.01 Å². The predicted molar refractivity (Wildman–Crippen MR) is 148 cm³/mol. The Kier molecular flexibility index (Phi) is 8.26. The highest BCUT2D eigenvalue weighted by Crippen LogP contribution is 2.29. The van der Waals surface area contributed by atoms with Crippen molar-refractivity contribution in [2.24, 2.45) is 5.92 Å². The van der Waals surface area contributed by atoms with E-state index in [-0.39, 0.29) is 12.4 Å². The van der Waals surface area contributed by atoms with Gasteiger partial charge in [0.05, 0.1) is 5.69 Å². The van der Waals surface area contributed by atoms with Crippen molar-refractivity contribution in [1.82, 2.24) is 15.1 Å². The van der Waals surface area contributed by atoms with Crippen LogP contribution in [-0.4, -0.2) is 39.4 Å². The molecule has 1 aliphatic carbocycles. The van der Waals surface area contributed by atoms with Crippen LogP contribution in [0.25, 0.3) is 11.0 Å². The quantitative estimate of drug-likeness (QED) is 0.289. The number of ether oxygens (including phenoxy) is 1. The van der Waals surface area contributed by atoms with Crippen LogP contribution in [0.5, 0.6) is 0 Å². The average Bonchev–Trinajstić information content (AvgIpc) is 3.40. The largest absolute Gasteiger partial charge is 0.443 e. The lowest BCUT2D eigenvalue weighted by Crippen LogP contribution is -2.46. The zero-order chi connectivity index (χ0) is 27.0. The van der Waals surface area contributed by atoms with Gasteiger partial charge in [0.15, 0.2) is 5.78 Å². The van der Waals surface area contributed by atoms with E-state index in [2.05, 4.69) is 15.6 Å². The van der Waals surface area contributed by atoms with E-state index in [1.165, 1.54) is 11.2 Å². The van der Waals surface area contributed by atoms with E-state index in [0.29, 0.717) is 34.6 Å². The Labute approximate surface area is 226 Å². The Morgan fingerprint density at radius 1 is 0.897 bits per heavy atom. The van der Waals surface area contributed by atoms with E-state index in [9.17, 15) is 14.4 Å². The topological polar surface area (TPSA) is 106 Å². The molecule has 200 valence electrons. The smallest absolute Gasteiger partial charge is 0.431 e. The van der Waals surface area contributed by atoms with Gasteiger partial charge in [-0.15, -0.1) is 9.89 Å². The molecule has 0 aliphatic heterocycles. The lowest BCUT2D eigenvalue weighted by molar-refractivity contribution is -0.115. The summed E-state index contributed by atoms with van der Waals surface area (Å²) in [7, 11) is 0. The first-order valence-corrected chi connectivity index (χ1v) is 13.3. The number of amides is 2. The van der Waals surface area contributed by atoms with Crippen molar-refractivity contribution in [3.05, 3.63) is 90.0 Å². The van der Waals surface area contributed by atoms with Crippen molar-refractivity contribution in [1.29, 1.82) is 0 Å². The molecule has 0 unspecified atom stereocenters. The minimum atomic E-state index is -0.758. The maximum atomic E-state index is 13.3. The zero-order valence-electron chi connectivity index (χ0n) is 21.7. The van der Waals surface area contributed by atoms with Gasteiger partial charge in [0.2, 0.25) is 5.91 Å². The summed E-state index contributed by atoms with van der Waals surface area (Å²) < 4.78 is 5.52. The molecule has 0 saturated heterocycles. The van der Waals surface area contributed by atoms with E-state index in [1.807, 2.05) is 36.4 Å². The van der Waals surface area contributed by atoms with Crippen molar-refractivity contribution >= 4 is 34.5 Å². The number of rotatable bonds is 9. The van der Waals surface area contributed by atoms with Crippen LogP contribution >= 0.6 is 0 Å². The summed E-state index contributed by atoms with van der Waals surface area (Å²) >= 11 is 0. The summed E-state index contributed by atoms with van der Waals surface area (Å²) in [5, 5.41) is 12.1. The number of fused-ring (bicyclic) bond motifs is 1. The van der Waals surface area contributed by atoms with Gasteiger partial charge in [0.1, 0.15) is 24.2 Å². The van der Waals surface area contributed by atoms with Crippen molar-refractivity contribution < 1.29 is 19.1 Å². The van der Waals surface area contributed by atoms with Gasteiger partial charge in [0.25, 0.3) is 0 Å². The van der Waals surface area contributed by atoms with E-state index >= 15 is 0 Å². The SMILES string of the molecule is O=C(CN(C(=O)OCc1ccccc1)n1nnc2ccccc21)Nc1ccccc1C(=O)CC1CCCCC1. The highest BCUT2D eigenvalue weighted by molar-refractivity contribution is 6.06. The lowest BCUT2D eigenvalue weighted by Gasteiger charge is -2.22. The molecule has 4 aromatic rings. The second-order valence-corrected chi connectivity index (χ2v) is 9.79. The number of carbonyl (C=O) groups is 3. The van der Waals surface area contributed by atoms with Crippen molar-refractivity contribution in [2.75, 3.05) is 16.9 Å². The molecule has 1 aromatic heterocycles. The summed E-state index contributed by atoms with van der Waals surface area (Å²) in [6.07, 6.45) is 5.37. The number of aromatic nitrogens is 3. The number of hydrogen-bond donors (Lipinski definition) is 1. The van der Waals surface area contributed by atoms with Gasteiger partial charge in [-0.25, -0.2) is 4.79 Å². The number of benzene rings is 3. The molecule has 2 amide bonds. The molecule has 0 bridgehead atoms. The number of nitrogens with one attached hydrogen (secondary N) is 1. The van der Waals surface area contributed by atoms with E-state index in [1.54, 1.807) is 42.5 Å². The molecule has 1 aliphatic rings. The standard InChI is InChI=1S/C30H31N5O4/c36-28(19-22-11-3-1-4-12-22)24-15-7-8-16-25(24)31-29(37)20-34(30(38)39-21-23-13-5-2-6-14-23)35-27-18-10-9-17-26(27)32-33-35/h2,5-10,13-18,22H,1,3-4,11-12,19-21H2,(H,31,37). The first-order chi connectivity index (χ1) is 19.1. The Morgan fingerprint density at radius 2 is 1.62 bits per heavy atom. The van der Waals surface area contributed by atoms with Crippen LogP contribution in [0.3, 0.4) is 0 Å². The molecular formula is C30H31N5O4. The fraction of sp³-hybridized carbons (Fsp3) is 0.300. The second-order valence-electron chi connectivity index (χ2n) is 9.79. The highest BCUT2D eigenvalue weighted by atomic mass is 16.6. The molecular weight excluding hydrogens is 494 g/mol. The number of carbonyl (C=O) groups excluding carboxylic acids is 3. The molecule has 5 rings (SSSR count). The fourth-order valence-corrected chi connectivity index (χ4v) is 4.96. The predicted octanol–water partition coefficient (Wildman–Crippen LogP) is 5.50. The van der Waals surface area contributed by atoms with Gasteiger partial charge in [0, 0.05) is 12.0 Å². The maximum absolute atomic E-state index is 13.3. The summed E-state index contributed by atoms with van der Waals surface area (Å²) in [5.74, 6) is -0.103. The monoisotopic (exact) mass is 525 g/mol. The minimum Gasteiger partial charge on any atom is -0.443 e. The molecule has 1 saturated carbocycles. The Bertz CT molecular complexity index is 1450. The number of para-hydroxylation sites is 2. The molecule has 0 spiro atoms. The van der Waals surface area contributed by atoms with Gasteiger partial charge in [-0.1, -0.05) is 86.7 Å². The molecule has 9 nitrogen and oxygen atoms in total. The molecule has 1 fully saturated rings. The van der Waals surface area contributed by atoms with Crippen LogP contribution in [0.4, 0.5) is 10.5 Å². The summed E-state index contributed by atoms with van der Waals surface area (Å²) in [4.78, 5) is 40.9. The van der Waals surface area contributed by atoms with E-state index in [4.69, 9.17) is 4.74 Å². The van der Waals surface area contributed by atoms with Crippen molar-refractivity contribution in [3.8, 4) is 0 Å². The van der Waals surface area contributed by atoms with E-state index < -0.39 is 18.5 Å². The molecule has 1 heterocycles. The lowest BCUT2D eigenvalue weighted by atomic mass is 9.84. The van der Waals surface area contributed by atoms with Crippen LogP contribution < -0.4 is 10.3 Å². The molecule has 0 atom stereocenters. The number of nitrogens with zero attached hydrogens (tertiary/aromatic N) is 4. The Morgan fingerprint density at radius 3 is 2.44 bits per heavy atom. The first kappa shape index (κ1) is 26.1. The Balaban J connectivity index is 1.33. The number of anilines is 1. The normalized spacial score (nSPS) is 13.6. The molecule has 1 N–H and O–H groups in total. The molecule has 0 radical (unpaired) electrons. The van der Waals surface area contributed by atoms with Crippen LogP contribution in [0, 0.1) is 5.92 Å². The summed E-state index contributed by atoms with van der Waals surface area (Å²) in [5.41, 5.74) is 2.82. The second kappa shape index (κ2) is 12.3. The number of ketones is 1. The molecule has 9 heteroatoms. The van der Waals surface area contributed by atoms with Crippen molar-refractivity contribution in [3.63, 3.8) is 0 Å².